The van der Waals surface area contributed by atoms with Crippen molar-refractivity contribution in [3.63, 3.8) is 0 Å². The number of rotatable bonds is 5. The Balaban J connectivity index is 4.33. The van der Waals surface area contributed by atoms with Gasteiger partial charge in [-0.15, -0.1) is 0 Å². The Hall–Kier alpha value is -0.790. The van der Waals surface area contributed by atoms with Crippen LogP contribution in [0.2, 0.25) is 0 Å². The number of carbonyl (C=O) groups is 1. The highest BCUT2D eigenvalue weighted by molar-refractivity contribution is 5.79. The summed E-state index contributed by atoms with van der Waals surface area (Å²) in [5, 5.41) is 27.5. The van der Waals surface area contributed by atoms with E-state index in [-0.39, 0.29) is 0 Å². The van der Waals surface area contributed by atoms with E-state index in [4.69, 9.17) is 15.3 Å². The fraction of sp³-hybridized carbons (Fsp3) is 0.833. The van der Waals surface area contributed by atoms with Crippen LogP contribution >= 0.6 is 0 Å². The van der Waals surface area contributed by atoms with Crippen LogP contribution in [-0.4, -0.2) is 53.0 Å². The molecule has 0 aliphatic carbocycles. The molecule has 1 amide bonds. The number of hydrogen-bond donors (Lipinski definition) is 4. The fourth-order valence-electron chi connectivity index (χ4n) is 0.584. The van der Waals surface area contributed by atoms with Crippen LogP contribution in [0, 0.1) is 0 Å². The van der Waals surface area contributed by atoms with Crippen LogP contribution in [-0.2, 0) is 4.79 Å². The predicted molar refractivity (Wildman–Crippen MR) is 38.1 cm³/mol. The van der Waals surface area contributed by atoms with E-state index in [1.807, 2.05) is 0 Å². The van der Waals surface area contributed by atoms with Gasteiger partial charge in [0.15, 0.2) is 0 Å². The van der Waals surface area contributed by atoms with Gasteiger partial charge in [-0.1, -0.05) is 0 Å². The van der Waals surface area contributed by atoms with Crippen molar-refractivity contribution < 1.29 is 28.9 Å². The Morgan fingerprint density at radius 3 is 1.85 bits per heavy atom. The number of aliphatic hydroxyl groups excluding tert-OH is 3. The van der Waals surface area contributed by atoms with Crippen molar-refractivity contribution in [3.8, 4) is 0 Å². The third-order valence-corrected chi connectivity index (χ3v) is 1.49. The molecular formula is C6H11F2NO4. The van der Waals surface area contributed by atoms with Gasteiger partial charge in [-0.2, -0.15) is 8.78 Å². The molecule has 0 saturated heterocycles. The van der Waals surface area contributed by atoms with Gasteiger partial charge in [0.05, 0.1) is 19.8 Å². The average Bonchev–Trinajstić information content (AvgIpc) is 2.14. The first-order valence-corrected chi connectivity index (χ1v) is 3.44. The lowest BCUT2D eigenvalue weighted by atomic mass is 10.0. The van der Waals surface area contributed by atoms with Crippen molar-refractivity contribution in [3.05, 3.63) is 0 Å². The van der Waals surface area contributed by atoms with Gasteiger partial charge >= 0.3 is 6.43 Å². The molecule has 78 valence electrons. The fourth-order valence-corrected chi connectivity index (χ4v) is 0.584. The van der Waals surface area contributed by atoms with Gasteiger partial charge < -0.3 is 20.6 Å². The highest BCUT2D eigenvalue weighted by Gasteiger charge is 2.32. The maximum atomic E-state index is 11.7. The Morgan fingerprint density at radius 2 is 1.62 bits per heavy atom. The Kier molecular flexibility index (Phi) is 4.74. The SMILES string of the molecule is O=C(NC(CO)(CO)CO)C(F)F. The summed E-state index contributed by atoms with van der Waals surface area (Å²) in [6.45, 7) is -2.46. The van der Waals surface area contributed by atoms with E-state index in [1.54, 1.807) is 5.32 Å². The quantitative estimate of drug-likeness (QED) is 0.415. The molecular weight excluding hydrogens is 188 g/mol. The average molecular weight is 199 g/mol. The molecule has 0 aromatic heterocycles. The van der Waals surface area contributed by atoms with E-state index in [0.717, 1.165) is 0 Å². The normalized spacial score (nSPS) is 11.8. The molecule has 4 N–H and O–H groups in total. The van der Waals surface area contributed by atoms with Crippen molar-refractivity contribution in [1.29, 1.82) is 0 Å². The predicted octanol–water partition coefficient (Wildman–Crippen LogP) is -1.92. The lowest BCUT2D eigenvalue weighted by Gasteiger charge is -2.28. The molecule has 0 spiro atoms. The maximum absolute atomic E-state index is 11.7. The summed E-state index contributed by atoms with van der Waals surface area (Å²) in [6.07, 6.45) is -3.25. The Morgan fingerprint density at radius 1 is 1.23 bits per heavy atom. The second kappa shape index (κ2) is 5.05. The molecule has 0 bridgehead atoms. The molecule has 5 nitrogen and oxygen atoms in total. The van der Waals surface area contributed by atoms with Gasteiger partial charge in [0.2, 0.25) is 0 Å². The minimum atomic E-state index is -3.25. The number of hydrogen-bond acceptors (Lipinski definition) is 4. The molecule has 0 aliphatic heterocycles. The highest BCUT2D eigenvalue weighted by atomic mass is 19.3. The van der Waals surface area contributed by atoms with Gasteiger partial charge in [-0.05, 0) is 0 Å². The van der Waals surface area contributed by atoms with Crippen molar-refractivity contribution in [1.82, 2.24) is 5.32 Å². The first-order chi connectivity index (χ1) is 6.01. The summed E-state index contributed by atoms with van der Waals surface area (Å²) < 4.78 is 23.4. The zero-order valence-electron chi connectivity index (χ0n) is 6.70. The summed E-state index contributed by atoms with van der Waals surface area (Å²) >= 11 is 0. The molecule has 0 radical (unpaired) electrons. The number of halogens is 2. The second-order valence-corrected chi connectivity index (χ2v) is 2.54. The number of alkyl halides is 2. The van der Waals surface area contributed by atoms with Crippen LogP contribution in [0.4, 0.5) is 8.78 Å². The van der Waals surface area contributed by atoms with E-state index in [0.29, 0.717) is 0 Å². The van der Waals surface area contributed by atoms with Crippen LogP contribution < -0.4 is 5.32 Å². The second-order valence-electron chi connectivity index (χ2n) is 2.54. The molecule has 0 unspecified atom stereocenters. The third kappa shape index (κ3) is 3.21. The highest BCUT2D eigenvalue weighted by Crippen LogP contribution is 2.03. The number of carbonyl (C=O) groups excluding carboxylic acids is 1. The van der Waals surface area contributed by atoms with E-state index >= 15 is 0 Å². The van der Waals surface area contributed by atoms with Gasteiger partial charge in [0, 0.05) is 0 Å². The van der Waals surface area contributed by atoms with Crippen molar-refractivity contribution in [2.45, 2.75) is 12.0 Å². The maximum Gasteiger partial charge on any atom is 0.315 e. The Bertz CT molecular complexity index is 164. The molecule has 0 atom stereocenters. The summed E-state index contributed by atoms with van der Waals surface area (Å²) in [4.78, 5) is 10.4. The monoisotopic (exact) mass is 199 g/mol. The molecule has 13 heavy (non-hydrogen) atoms. The van der Waals surface area contributed by atoms with Crippen LogP contribution in [0.1, 0.15) is 0 Å². The van der Waals surface area contributed by atoms with Crippen LogP contribution in [0.15, 0.2) is 0 Å². The largest absolute Gasteiger partial charge is 0.394 e. The number of amides is 1. The van der Waals surface area contributed by atoms with Crippen molar-refractivity contribution in [2.75, 3.05) is 19.8 Å². The topological polar surface area (TPSA) is 89.8 Å². The number of aliphatic hydroxyl groups is 3. The van der Waals surface area contributed by atoms with Gasteiger partial charge in [0.1, 0.15) is 5.54 Å². The number of nitrogens with one attached hydrogen (secondary N) is 1. The van der Waals surface area contributed by atoms with E-state index in [2.05, 4.69) is 0 Å². The summed E-state index contributed by atoms with van der Waals surface area (Å²) in [5.41, 5.74) is -1.78. The molecule has 0 saturated carbocycles. The molecule has 0 fully saturated rings. The zero-order valence-corrected chi connectivity index (χ0v) is 6.70. The standard InChI is InChI=1S/C6H11F2NO4/c7-4(8)5(13)9-6(1-10,2-11)3-12/h4,10-12H,1-3H2,(H,9,13). The molecule has 7 heteroatoms. The van der Waals surface area contributed by atoms with Gasteiger partial charge in [-0.3, -0.25) is 4.79 Å². The smallest absolute Gasteiger partial charge is 0.315 e. The van der Waals surface area contributed by atoms with Crippen LogP contribution in [0.25, 0.3) is 0 Å². The molecule has 0 rings (SSSR count). The molecule has 0 aromatic rings. The lowest BCUT2D eigenvalue weighted by Crippen LogP contribution is -2.58. The van der Waals surface area contributed by atoms with Crippen LogP contribution in [0.3, 0.4) is 0 Å². The van der Waals surface area contributed by atoms with Crippen molar-refractivity contribution in [2.24, 2.45) is 0 Å². The molecule has 0 aliphatic rings. The summed E-state index contributed by atoms with van der Waals surface area (Å²) in [6, 6.07) is 0. The first-order valence-electron chi connectivity index (χ1n) is 3.44. The minimum Gasteiger partial charge on any atom is -0.394 e. The molecule has 0 heterocycles. The summed E-state index contributed by atoms with van der Waals surface area (Å²) in [7, 11) is 0. The third-order valence-electron chi connectivity index (χ3n) is 1.49. The van der Waals surface area contributed by atoms with E-state index in [9.17, 15) is 13.6 Å². The van der Waals surface area contributed by atoms with Gasteiger partial charge in [-0.25, -0.2) is 0 Å². The van der Waals surface area contributed by atoms with Crippen LogP contribution in [0.5, 0.6) is 0 Å². The van der Waals surface area contributed by atoms with E-state index in [1.165, 1.54) is 0 Å². The molecule has 0 aromatic carbocycles. The lowest BCUT2D eigenvalue weighted by molar-refractivity contribution is -0.136. The summed E-state index contributed by atoms with van der Waals surface area (Å²) in [5.74, 6) is -1.64. The zero-order chi connectivity index (χ0) is 10.5. The Labute approximate surface area is 73.0 Å². The van der Waals surface area contributed by atoms with E-state index < -0.39 is 37.7 Å². The van der Waals surface area contributed by atoms with Crippen molar-refractivity contribution >= 4 is 5.91 Å². The first kappa shape index (κ1) is 12.2. The van der Waals surface area contributed by atoms with Gasteiger partial charge in [0.25, 0.3) is 5.91 Å². The minimum absolute atomic E-state index is 0.821.